The predicted molar refractivity (Wildman–Crippen MR) is 112 cm³/mol. The van der Waals surface area contributed by atoms with Gasteiger partial charge in [-0.25, -0.2) is 0 Å². The van der Waals surface area contributed by atoms with Crippen LogP contribution in [0.25, 0.3) is 10.9 Å². The van der Waals surface area contributed by atoms with Crippen molar-refractivity contribution in [1.82, 2.24) is 9.88 Å². The van der Waals surface area contributed by atoms with E-state index in [2.05, 4.69) is 9.88 Å². The van der Waals surface area contributed by atoms with Crippen molar-refractivity contribution in [1.29, 1.82) is 0 Å². The van der Waals surface area contributed by atoms with Gasteiger partial charge < -0.3 is 9.88 Å². The SMILES string of the molecule is FC(F)(F)c1cccc2c(CCCN3CCCCC3CC3CCCCC3)c[nH]c12. The van der Waals surface area contributed by atoms with E-state index in [1.807, 2.05) is 6.07 Å². The zero-order valence-electron chi connectivity index (χ0n) is 17.2. The fourth-order valence-electron chi connectivity index (χ4n) is 5.56. The van der Waals surface area contributed by atoms with Crippen molar-refractivity contribution < 1.29 is 13.2 Å². The number of aromatic amines is 1. The van der Waals surface area contributed by atoms with E-state index in [4.69, 9.17) is 0 Å². The molecule has 2 heterocycles. The number of H-pyrrole nitrogens is 1. The molecule has 160 valence electrons. The maximum atomic E-state index is 13.2. The van der Waals surface area contributed by atoms with Crippen LogP contribution in [0.1, 0.15) is 75.3 Å². The highest BCUT2D eigenvalue weighted by atomic mass is 19.4. The Hall–Kier alpha value is -1.49. The molecule has 1 atom stereocenters. The molecule has 2 fully saturated rings. The van der Waals surface area contributed by atoms with Gasteiger partial charge >= 0.3 is 6.18 Å². The van der Waals surface area contributed by atoms with Crippen molar-refractivity contribution in [2.24, 2.45) is 5.92 Å². The Labute approximate surface area is 171 Å². The molecule has 2 aromatic rings. The Balaban J connectivity index is 1.36. The average molecular weight is 407 g/mol. The fourth-order valence-corrected chi connectivity index (χ4v) is 5.56. The number of halogens is 3. The minimum Gasteiger partial charge on any atom is -0.360 e. The number of nitrogens with zero attached hydrogens (tertiary/aromatic N) is 1. The molecule has 1 unspecified atom stereocenters. The molecule has 1 aromatic heterocycles. The van der Waals surface area contributed by atoms with Crippen molar-refractivity contribution >= 4 is 10.9 Å². The third kappa shape index (κ3) is 4.99. The maximum Gasteiger partial charge on any atom is 0.418 e. The van der Waals surface area contributed by atoms with Crippen LogP contribution in [0.2, 0.25) is 0 Å². The first-order valence-corrected chi connectivity index (χ1v) is 11.4. The molecule has 0 spiro atoms. The number of benzene rings is 1. The highest BCUT2D eigenvalue weighted by Crippen LogP contribution is 2.36. The fraction of sp³-hybridized carbons (Fsp3) is 0.667. The van der Waals surface area contributed by atoms with Crippen LogP contribution in [-0.4, -0.2) is 29.0 Å². The zero-order valence-corrected chi connectivity index (χ0v) is 17.2. The van der Waals surface area contributed by atoms with Crippen molar-refractivity contribution in [2.75, 3.05) is 13.1 Å². The van der Waals surface area contributed by atoms with E-state index in [0.717, 1.165) is 42.3 Å². The van der Waals surface area contributed by atoms with E-state index >= 15 is 0 Å². The normalized spacial score (nSPS) is 22.4. The van der Waals surface area contributed by atoms with Crippen LogP contribution in [0.3, 0.4) is 0 Å². The molecule has 0 amide bonds. The van der Waals surface area contributed by atoms with Gasteiger partial charge in [-0.05, 0) is 62.7 Å². The zero-order chi connectivity index (χ0) is 20.3. The minimum absolute atomic E-state index is 0.225. The minimum atomic E-state index is -4.32. The molecule has 2 nitrogen and oxygen atoms in total. The van der Waals surface area contributed by atoms with Gasteiger partial charge in [0.05, 0.1) is 11.1 Å². The Bertz CT molecular complexity index is 789. The van der Waals surface area contributed by atoms with Crippen LogP contribution in [0, 0.1) is 5.92 Å². The third-order valence-corrected chi connectivity index (χ3v) is 7.08. The van der Waals surface area contributed by atoms with Gasteiger partial charge in [0.15, 0.2) is 0 Å². The summed E-state index contributed by atoms with van der Waals surface area (Å²) in [6.45, 7) is 2.24. The second-order valence-corrected chi connectivity index (χ2v) is 9.07. The number of alkyl halides is 3. The third-order valence-electron chi connectivity index (χ3n) is 7.08. The average Bonchev–Trinajstić information content (AvgIpc) is 3.12. The molecule has 4 rings (SSSR count). The summed E-state index contributed by atoms with van der Waals surface area (Å²) < 4.78 is 39.7. The number of para-hydroxylation sites is 1. The lowest BCUT2D eigenvalue weighted by molar-refractivity contribution is -0.136. The number of nitrogens with one attached hydrogen (secondary N) is 1. The lowest BCUT2D eigenvalue weighted by atomic mass is 9.82. The summed E-state index contributed by atoms with van der Waals surface area (Å²) in [7, 11) is 0. The van der Waals surface area contributed by atoms with E-state index < -0.39 is 11.7 Å². The Morgan fingerprint density at radius 2 is 1.79 bits per heavy atom. The molecule has 1 aromatic carbocycles. The van der Waals surface area contributed by atoms with E-state index in [0.29, 0.717) is 6.04 Å². The number of rotatable bonds is 6. The van der Waals surface area contributed by atoms with E-state index in [-0.39, 0.29) is 5.52 Å². The predicted octanol–water partition coefficient (Wildman–Crippen LogP) is 6.94. The van der Waals surface area contributed by atoms with Gasteiger partial charge in [-0.3, -0.25) is 0 Å². The van der Waals surface area contributed by atoms with Crippen LogP contribution >= 0.6 is 0 Å². The molecule has 1 N–H and O–H groups in total. The van der Waals surface area contributed by atoms with Gasteiger partial charge in [0.25, 0.3) is 0 Å². The van der Waals surface area contributed by atoms with Crippen molar-refractivity contribution in [3.8, 4) is 0 Å². The number of piperidine rings is 1. The molecule has 1 saturated carbocycles. The first kappa shape index (κ1) is 20.8. The topological polar surface area (TPSA) is 19.0 Å². The lowest BCUT2D eigenvalue weighted by Crippen LogP contribution is -2.41. The van der Waals surface area contributed by atoms with Crippen LogP contribution in [0.15, 0.2) is 24.4 Å². The maximum absolute atomic E-state index is 13.2. The molecule has 2 aliphatic rings. The summed E-state index contributed by atoms with van der Waals surface area (Å²) in [4.78, 5) is 5.56. The second-order valence-electron chi connectivity index (χ2n) is 9.07. The smallest absolute Gasteiger partial charge is 0.360 e. The van der Waals surface area contributed by atoms with Crippen LogP contribution in [0.5, 0.6) is 0 Å². The van der Waals surface area contributed by atoms with Gasteiger partial charge in [-0.15, -0.1) is 0 Å². The van der Waals surface area contributed by atoms with Crippen molar-refractivity contribution in [2.45, 2.75) is 82.8 Å². The van der Waals surface area contributed by atoms with Crippen molar-refractivity contribution in [3.05, 3.63) is 35.5 Å². The number of aromatic nitrogens is 1. The second kappa shape index (κ2) is 9.11. The molecule has 1 aliphatic heterocycles. The number of likely N-dealkylation sites (tertiary alicyclic amines) is 1. The molecular formula is C24H33F3N2. The summed E-state index contributed by atoms with van der Waals surface area (Å²) in [5, 5.41) is 0.720. The van der Waals surface area contributed by atoms with Crippen molar-refractivity contribution in [3.63, 3.8) is 0 Å². The number of hydrogen-bond acceptors (Lipinski definition) is 1. The molecule has 0 radical (unpaired) electrons. The van der Waals surface area contributed by atoms with Gasteiger partial charge in [-0.1, -0.05) is 50.7 Å². The van der Waals surface area contributed by atoms with E-state index in [1.165, 1.54) is 70.4 Å². The summed E-state index contributed by atoms with van der Waals surface area (Å²) in [5.74, 6) is 0.906. The van der Waals surface area contributed by atoms with Gasteiger partial charge in [0.1, 0.15) is 0 Å². The van der Waals surface area contributed by atoms with Gasteiger partial charge in [0.2, 0.25) is 0 Å². The molecule has 29 heavy (non-hydrogen) atoms. The summed E-state index contributed by atoms with van der Waals surface area (Å²) in [6.07, 6.45) is 11.6. The molecule has 1 aliphatic carbocycles. The van der Waals surface area contributed by atoms with Gasteiger partial charge in [-0.2, -0.15) is 13.2 Å². The molecule has 5 heteroatoms. The quantitative estimate of drug-likeness (QED) is 0.550. The Morgan fingerprint density at radius 3 is 2.59 bits per heavy atom. The Kier molecular flexibility index (Phi) is 6.53. The van der Waals surface area contributed by atoms with Crippen LogP contribution in [-0.2, 0) is 12.6 Å². The number of fused-ring (bicyclic) bond motifs is 1. The molecule has 1 saturated heterocycles. The molecular weight excluding hydrogens is 373 g/mol. The largest absolute Gasteiger partial charge is 0.418 e. The summed E-state index contributed by atoms with van der Waals surface area (Å²) in [6, 6.07) is 5.20. The summed E-state index contributed by atoms with van der Waals surface area (Å²) >= 11 is 0. The monoisotopic (exact) mass is 406 g/mol. The highest BCUT2D eigenvalue weighted by Gasteiger charge is 2.33. The highest BCUT2D eigenvalue weighted by molar-refractivity contribution is 5.86. The summed E-state index contributed by atoms with van der Waals surface area (Å²) in [5.41, 5.74) is 0.667. The van der Waals surface area contributed by atoms with E-state index in [1.54, 1.807) is 6.20 Å². The Morgan fingerprint density at radius 1 is 1.00 bits per heavy atom. The first-order valence-electron chi connectivity index (χ1n) is 11.4. The van der Waals surface area contributed by atoms with Crippen LogP contribution in [0.4, 0.5) is 13.2 Å². The lowest BCUT2D eigenvalue weighted by Gasteiger charge is -2.38. The number of hydrogen-bond donors (Lipinski definition) is 1. The number of aryl methyl sites for hydroxylation is 1. The molecule has 0 bridgehead atoms. The standard InChI is InChI=1S/C24H33F3N2/c25-24(26,27)22-13-6-12-21-19(17-28-23(21)22)10-7-15-29-14-5-4-11-20(29)16-18-8-2-1-3-9-18/h6,12-13,17-18,20,28H,1-5,7-11,14-16H2. The van der Waals surface area contributed by atoms with Gasteiger partial charge in [0, 0.05) is 17.6 Å². The van der Waals surface area contributed by atoms with Crippen LogP contribution < -0.4 is 0 Å². The first-order chi connectivity index (χ1) is 14.0. The van der Waals surface area contributed by atoms with E-state index in [9.17, 15) is 13.2 Å².